The predicted molar refractivity (Wildman–Crippen MR) is 63.5 cm³/mol. The number of hydrogen-bond donors (Lipinski definition) is 0. The van der Waals surface area contributed by atoms with Gasteiger partial charge in [-0.3, -0.25) is 4.79 Å². The molecule has 3 nitrogen and oxygen atoms in total. The van der Waals surface area contributed by atoms with Gasteiger partial charge >= 0.3 is 0 Å². The van der Waals surface area contributed by atoms with Gasteiger partial charge in [-0.1, -0.05) is 0 Å². The van der Waals surface area contributed by atoms with Crippen molar-refractivity contribution >= 4 is 12.4 Å². The maximum absolute atomic E-state index is 11.1. The van der Waals surface area contributed by atoms with Crippen molar-refractivity contribution in [2.75, 3.05) is 7.11 Å². The average molecular weight is 219 g/mol. The molecular formula is C13H17NO2. The molecule has 1 aromatic rings. The fourth-order valence-electron chi connectivity index (χ4n) is 2.49. The first kappa shape index (κ1) is 11.0. The lowest BCUT2D eigenvalue weighted by Gasteiger charge is -2.15. The largest absolute Gasteiger partial charge is 0.501 e. The fourth-order valence-corrected chi connectivity index (χ4v) is 2.49. The van der Waals surface area contributed by atoms with Crippen LogP contribution in [-0.4, -0.2) is 18.0 Å². The Kier molecular flexibility index (Phi) is 2.86. The van der Waals surface area contributed by atoms with E-state index in [1.54, 1.807) is 7.11 Å². The zero-order chi connectivity index (χ0) is 11.7. The highest BCUT2D eigenvalue weighted by molar-refractivity contribution is 5.85. The Bertz CT molecular complexity index is 455. The van der Waals surface area contributed by atoms with Crippen molar-refractivity contribution in [2.45, 2.75) is 33.2 Å². The Labute approximate surface area is 95.7 Å². The molecule has 0 N–H and O–H groups in total. The molecule has 0 unspecified atom stereocenters. The zero-order valence-corrected chi connectivity index (χ0v) is 10.0. The van der Waals surface area contributed by atoms with Crippen LogP contribution < -0.4 is 0 Å². The van der Waals surface area contributed by atoms with Crippen molar-refractivity contribution in [3.63, 3.8) is 0 Å². The maximum atomic E-state index is 11.1. The Hall–Kier alpha value is -1.51. The lowest BCUT2D eigenvalue weighted by atomic mass is 10.00. The molecule has 0 bridgehead atoms. The fraction of sp³-hybridized carbons (Fsp3) is 0.462. The normalized spacial score (nSPS) is 14.3. The minimum absolute atomic E-state index is 0.811. The number of nitrogens with zero attached hydrogens (tertiary/aromatic N) is 1. The van der Waals surface area contributed by atoms with Gasteiger partial charge in [0.25, 0.3) is 0 Å². The molecule has 0 fully saturated rings. The van der Waals surface area contributed by atoms with Crippen LogP contribution in [0.15, 0.2) is 5.76 Å². The van der Waals surface area contributed by atoms with Crippen LogP contribution in [0.2, 0.25) is 0 Å². The molecular weight excluding hydrogens is 202 g/mol. The average Bonchev–Trinajstić information content (AvgIpc) is 2.59. The monoisotopic (exact) mass is 219 g/mol. The second-order valence-electron chi connectivity index (χ2n) is 4.04. The highest BCUT2D eigenvalue weighted by atomic mass is 16.5. The molecule has 1 aliphatic carbocycles. The number of hydrogen-bond acceptors (Lipinski definition) is 2. The van der Waals surface area contributed by atoms with Gasteiger partial charge in [0, 0.05) is 35.5 Å². The van der Waals surface area contributed by atoms with Crippen LogP contribution in [0.4, 0.5) is 0 Å². The van der Waals surface area contributed by atoms with E-state index < -0.39 is 0 Å². The number of fused-ring (bicyclic) bond motifs is 1. The van der Waals surface area contributed by atoms with E-state index >= 15 is 0 Å². The Balaban J connectivity index is 2.63. The molecule has 3 heteroatoms. The molecule has 1 aromatic heterocycles. The number of aldehydes is 1. The van der Waals surface area contributed by atoms with Crippen LogP contribution in [0, 0.1) is 6.92 Å². The molecule has 0 spiro atoms. The Morgan fingerprint density at radius 1 is 1.50 bits per heavy atom. The number of aromatic nitrogens is 1. The van der Waals surface area contributed by atoms with E-state index in [9.17, 15) is 4.79 Å². The van der Waals surface area contributed by atoms with Crippen LogP contribution >= 0.6 is 0 Å². The molecule has 0 aromatic carbocycles. The lowest BCUT2D eigenvalue weighted by Crippen LogP contribution is -2.07. The molecule has 86 valence electrons. The lowest BCUT2D eigenvalue weighted by molar-refractivity contribution is 0.112. The predicted octanol–water partition coefficient (Wildman–Crippen LogP) is 2.56. The summed E-state index contributed by atoms with van der Waals surface area (Å²) in [7, 11) is 1.68. The number of methoxy groups -OCH3 is 1. The van der Waals surface area contributed by atoms with Crippen molar-refractivity contribution < 1.29 is 9.53 Å². The van der Waals surface area contributed by atoms with Crippen molar-refractivity contribution in [2.24, 2.45) is 0 Å². The number of carbonyl (C=O) groups is 1. The van der Waals surface area contributed by atoms with Gasteiger partial charge in [0.2, 0.25) is 0 Å². The Morgan fingerprint density at radius 3 is 2.81 bits per heavy atom. The van der Waals surface area contributed by atoms with Crippen LogP contribution in [0.5, 0.6) is 0 Å². The minimum Gasteiger partial charge on any atom is -0.501 e. The van der Waals surface area contributed by atoms with Crippen molar-refractivity contribution in [1.29, 1.82) is 0 Å². The summed E-state index contributed by atoms with van der Waals surface area (Å²) in [4.78, 5) is 11.1. The third-order valence-corrected chi connectivity index (χ3v) is 3.33. The Morgan fingerprint density at radius 2 is 2.25 bits per heavy atom. The van der Waals surface area contributed by atoms with Gasteiger partial charge in [-0.2, -0.15) is 0 Å². The van der Waals surface area contributed by atoms with E-state index in [1.807, 2.05) is 13.0 Å². The van der Waals surface area contributed by atoms with E-state index in [4.69, 9.17) is 4.74 Å². The summed E-state index contributed by atoms with van der Waals surface area (Å²) in [6.45, 7) is 5.03. The highest BCUT2D eigenvalue weighted by Crippen LogP contribution is 2.30. The van der Waals surface area contributed by atoms with Gasteiger partial charge in [-0.25, -0.2) is 0 Å². The molecule has 0 atom stereocenters. The molecule has 1 heterocycles. The smallest absolute Gasteiger partial charge is 0.152 e. The molecule has 16 heavy (non-hydrogen) atoms. The summed E-state index contributed by atoms with van der Waals surface area (Å²) in [5, 5.41) is 0. The first-order valence-electron chi connectivity index (χ1n) is 5.64. The number of ether oxygens (including phenoxy) is 1. The summed E-state index contributed by atoms with van der Waals surface area (Å²) in [5.74, 6) is 0.962. The quantitative estimate of drug-likeness (QED) is 0.731. The van der Waals surface area contributed by atoms with Crippen molar-refractivity contribution in [3.05, 3.63) is 28.3 Å². The standard InChI is InChI=1S/C13H17NO2/c1-4-14-9(2)12(8-15)11-7-10(16-3)5-6-13(11)14/h7-8H,4-6H2,1-3H3. The maximum Gasteiger partial charge on any atom is 0.152 e. The molecule has 0 aliphatic heterocycles. The summed E-state index contributed by atoms with van der Waals surface area (Å²) < 4.78 is 7.49. The van der Waals surface area contributed by atoms with Gasteiger partial charge in [-0.05, 0) is 26.3 Å². The first-order valence-corrected chi connectivity index (χ1v) is 5.64. The van der Waals surface area contributed by atoms with Crippen LogP contribution in [0.1, 0.15) is 40.7 Å². The van der Waals surface area contributed by atoms with E-state index in [-0.39, 0.29) is 0 Å². The summed E-state index contributed by atoms with van der Waals surface area (Å²) in [5.41, 5.74) is 4.20. The first-order chi connectivity index (χ1) is 7.72. The molecule has 0 saturated carbocycles. The van der Waals surface area contributed by atoms with Gasteiger partial charge < -0.3 is 9.30 Å². The van der Waals surface area contributed by atoms with Gasteiger partial charge in [0.15, 0.2) is 6.29 Å². The molecule has 2 rings (SSSR count). The topological polar surface area (TPSA) is 31.2 Å². The summed E-state index contributed by atoms with van der Waals surface area (Å²) in [6, 6.07) is 0. The summed E-state index contributed by atoms with van der Waals surface area (Å²) >= 11 is 0. The van der Waals surface area contributed by atoms with Crippen LogP contribution in [-0.2, 0) is 17.7 Å². The number of carbonyl (C=O) groups excluding carboxylic acids is 1. The van der Waals surface area contributed by atoms with Gasteiger partial charge in [0.05, 0.1) is 12.9 Å². The molecule has 1 aliphatic rings. The van der Waals surface area contributed by atoms with Crippen LogP contribution in [0.3, 0.4) is 0 Å². The third kappa shape index (κ3) is 1.47. The second-order valence-corrected chi connectivity index (χ2v) is 4.04. The number of allylic oxidation sites excluding steroid dienone is 1. The SMILES string of the molecule is CCn1c(C)c(C=O)c2c1CCC(OC)=C2. The molecule has 0 amide bonds. The molecule has 0 radical (unpaired) electrons. The van der Waals surface area contributed by atoms with Crippen molar-refractivity contribution in [1.82, 2.24) is 4.57 Å². The van der Waals surface area contributed by atoms with E-state index in [0.29, 0.717) is 0 Å². The number of rotatable bonds is 3. The van der Waals surface area contributed by atoms with Crippen molar-refractivity contribution in [3.8, 4) is 0 Å². The highest BCUT2D eigenvalue weighted by Gasteiger charge is 2.21. The van der Waals surface area contributed by atoms with E-state index in [1.165, 1.54) is 5.69 Å². The third-order valence-electron chi connectivity index (χ3n) is 3.33. The molecule has 0 saturated heterocycles. The second kappa shape index (κ2) is 4.16. The van der Waals surface area contributed by atoms with Gasteiger partial charge in [-0.15, -0.1) is 0 Å². The minimum atomic E-state index is 0.811. The summed E-state index contributed by atoms with van der Waals surface area (Å²) in [6.07, 6.45) is 4.83. The van der Waals surface area contributed by atoms with Gasteiger partial charge in [0.1, 0.15) is 0 Å². The van der Waals surface area contributed by atoms with E-state index in [2.05, 4.69) is 11.5 Å². The zero-order valence-electron chi connectivity index (χ0n) is 10.0. The van der Waals surface area contributed by atoms with E-state index in [0.717, 1.165) is 48.3 Å². The van der Waals surface area contributed by atoms with Crippen LogP contribution in [0.25, 0.3) is 6.08 Å².